The van der Waals surface area contributed by atoms with Crippen molar-refractivity contribution in [3.63, 3.8) is 0 Å². The quantitative estimate of drug-likeness (QED) is 0.233. The second kappa shape index (κ2) is 13.8. The van der Waals surface area contributed by atoms with Crippen LogP contribution in [0.15, 0.2) is 72.8 Å². The van der Waals surface area contributed by atoms with Crippen LogP contribution in [-0.2, 0) is 14.2 Å². The molecule has 0 atom stereocenters. The normalized spacial score (nSPS) is 10.7. The van der Waals surface area contributed by atoms with Crippen LogP contribution in [0, 0.1) is 0 Å². The number of nitrogens with one attached hydrogen (secondary N) is 1. The molecule has 0 radical (unpaired) electrons. The molecular formula is C29H34N6O6. The summed E-state index contributed by atoms with van der Waals surface area (Å²) in [5.74, 6) is -0.300. The van der Waals surface area contributed by atoms with E-state index in [4.69, 9.17) is 19.9 Å². The van der Waals surface area contributed by atoms with Crippen molar-refractivity contribution >= 4 is 29.7 Å². The highest BCUT2D eigenvalue weighted by atomic mass is 16.6. The molecule has 12 heteroatoms. The molecule has 216 valence electrons. The smallest absolute Gasteiger partial charge is 0.413 e. The van der Waals surface area contributed by atoms with Crippen LogP contribution in [0.5, 0.6) is 0 Å². The Hall–Kier alpha value is -5.13. The summed E-state index contributed by atoms with van der Waals surface area (Å²) in [6, 6.07) is 21.5. The van der Waals surface area contributed by atoms with E-state index in [0.29, 0.717) is 23.9 Å². The minimum Gasteiger partial charge on any atom is -0.461 e. The number of para-hydroxylation sites is 2. The first-order valence-electron chi connectivity index (χ1n) is 12.9. The first kappa shape index (κ1) is 30.4. The number of rotatable bonds is 7. The van der Waals surface area contributed by atoms with Gasteiger partial charge in [-0.15, -0.1) is 0 Å². The molecular weight excluding hydrogens is 528 g/mol. The fraction of sp³-hybridized carbons (Fsp3) is 0.276. The topological polar surface area (TPSA) is 153 Å². The van der Waals surface area contributed by atoms with Gasteiger partial charge in [-0.1, -0.05) is 36.4 Å². The number of anilines is 2. The molecule has 3 N–H and O–H groups in total. The van der Waals surface area contributed by atoms with Gasteiger partial charge in [0, 0.05) is 12.1 Å². The van der Waals surface area contributed by atoms with E-state index in [9.17, 15) is 14.4 Å². The maximum Gasteiger partial charge on any atom is 0.413 e. The molecule has 0 aliphatic carbocycles. The van der Waals surface area contributed by atoms with Crippen molar-refractivity contribution in [3.05, 3.63) is 84.2 Å². The van der Waals surface area contributed by atoms with Crippen molar-refractivity contribution in [1.29, 1.82) is 0 Å². The van der Waals surface area contributed by atoms with Gasteiger partial charge in [-0.2, -0.15) is 10.2 Å². The van der Waals surface area contributed by atoms with E-state index in [0.717, 1.165) is 5.69 Å². The molecule has 0 unspecified atom stereocenters. The first-order chi connectivity index (χ1) is 19.5. The second-order valence-corrected chi connectivity index (χ2v) is 9.43. The van der Waals surface area contributed by atoms with Gasteiger partial charge in [0.1, 0.15) is 17.2 Å². The zero-order valence-electron chi connectivity index (χ0n) is 23.7. The summed E-state index contributed by atoms with van der Waals surface area (Å²) >= 11 is 0. The van der Waals surface area contributed by atoms with Gasteiger partial charge in [0.2, 0.25) is 0 Å². The average molecular weight is 563 g/mol. The van der Waals surface area contributed by atoms with Crippen molar-refractivity contribution in [1.82, 2.24) is 19.6 Å². The van der Waals surface area contributed by atoms with Crippen LogP contribution in [-0.4, -0.2) is 56.4 Å². The highest BCUT2D eigenvalue weighted by molar-refractivity contribution is 5.91. The zero-order chi connectivity index (χ0) is 30.0. The Morgan fingerprint density at radius 3 is 1.73 bits per heavy atom. The molecule has 2 aromatic carbocycles. The van der Waals surface area contributed by atoms with Gasteiger partial charge in [0.25, 0.3) is 0 Å². The number of nitrogens with zero attached hydrogens (tertiary/aromatic N) is 4. The van der Waals surface area contributed by atoms with Gasteiger partial charge in [-0.25, -0.2) is 23.7 Å². The van der Waals surface area contributed by atoms with E-state index in [-0.39, 0.29) is 18.0 Å². The predicted octanol–water partition coefficient (Wildman–Crippen LogP) is 5.03. The monoisotopic (exact) mass is 562 g/mol. The third-order valence-electron chi connectivity index (χ3n) is 5.05. The van der Waals surface area contributed by atoms with Crippen LogP contribution >= 0.6 is 0 Å². The van der Waals surface area contributed by atoms with Gasteiger partial charge < -0.3 is 19.9 Å². The van der Waals surface area contributed by atoms with Crippen molar-refractivity contribution in [3.8, 4) is 11.4 Å². The van der Waals surface area contributed by atoms with Crippen LogP contribution in [0.1, 0.15) is 55.6 Å². The molecule has 0 saturated heterocycles. The maximum absolute atomic E-state index is 12.0. The van der Waals surface area contributed by atoms with Crippen molar-refractivity contribution in [2.24, 2.45) is 0 Å². The fourth-order valence-corrected chi connectivity index (χ4v) is 3.43. The van der Waals surface area contributed by atoms with Crippen molar-refractivity contribution < 1.29 is 28.6 Å². The van der Waals surface area contributed by atoms with Gasteiger partial charge in [0.15, 0.2) is 11.4 Å². The summed E-state index contributed by atoms with van der Waals surface area (Å²) < 4.78 is 18.0. The largest absolute Gasteiger partial charge is 0.461 e. The number of hydrogen-bond acceptors (Lipinski definition) is 9. The molecule has 0 spiro atoms. The van der Waals surface area contributed by atoms with Crippen LogP contribution in [0.25, 0.3) is 11.4 Å². The highest BCUT2D eigenvalue weighted by Crippen LogP contribution is 2.19. The minimum atomic E-state index is -0.633. The second-order valence-electron chi connectivity index (χ2n) is 9.43. The number of aromatic nitrogens is 4. The molecule has 41 heavy (non-hydrogen) atoms. The zero-order valence-corrected chi connectivity index (χ0v) is 23.7. The van der Waals surface area contributed by atoms with Crippen LogP contribution < -0.4 is 11.1 Å². The number of amides is 1. The Morgan fingerprint density at radius 2 is 1.24 bits per heavy atom. The summed E-state index contributed by atoms with van der Waals surface area (Å²) in [6.45, 7) is 9.32. The fourth-order valence-electron chi connectivity index (χ4n) is 3.43. The van der Waals surface area contributed by atoms with Crippen LogP contribution in [0.3, 0.4) is 0 Å². The molecule has 0 fully saturated rings. The number of hydrogen-bond donors (Lipinski definition) is 2. The third kappa shape index (κ3) is 8.68. The average Bonchev–Trinajstić information content (AvgIpc) is 3.53. The van der Waals surface area contributed by atoms with Crippen molar-refractivity contribution in [2.75, 3.05) is 24.3 Å². The molecule has 12 nitrogen and oxygen atoms in total. The molecule has 4 rings (SSSR count). The highest BCUT2D eigenvalue weighted by Gasteiger charge is 2.21. The Balaban J connectivity index is 0.000000239. The molecule has 1 amide bonds. The Morgan fingerprint density at radius 1 is 0.780 bits per heavy atom. The van der Waals surface area contributed by atoms with E-state index in [1.54, 1.807) is 34.6 Å². The Labute approximate surface area is 238 Å². The number of ether oxygens (including phenoxy) is 3. The summed E-state index contributed by atoms with van der Waals surface area (Å²) in [5.41, 5.74) is 6.99. The number of carbonyl (C=O) groups excluding carboxylic acids is 3. The molecule has 4 aromatic rings. The van der Waals surface area contributed by atoms with E-state index >= 15 is 0 Å². The lowest BCUT2D eigenvalue weighted by Crippen LogP contribution is -2.27. The summed E-state index contributed by atoms with van der Waals surface area (Å²) in [7, 11) is 0. The molecule has 2 heterocycles. The van der Waals surface area contributed by atoms with Gasteiger partial charge in [-0.3, -0.25) is 5.32 Å². The lowest BCUT2D eigenvalue weighted by molar-refractivity contribution is 0.0509. The molecule has 2 aromatic heterocycles. The molecule has 0 saturated carbocycles. The Bertz CT molecular complexity index is 1460. The summed E-state index contributed by atoms with van der Waals surface area (Å²) in [6.07, 6.45) is -0.630. The van der Waals surface area contributed by atoms with E-state index in [2.05, 4.69) is 15.5 Å². The Kier molecular flexibility index (Phi) is 10.2. The molecule has 0 aliphatic heterocycles. The van der Waals surface area contributed by atoms with Gasteiger partial charge in [0.05, 0.1) is 24.6 Å². The standard InChI is InChI=1S/C17H21N3O4.C12H13N3O2/c1-5-23-15(21)13-11-14(18-16(22)24-17(2,3)4)20(19-13)12-9-7-6-8-10-12;1-2-17-12(16)10-8-11(13)15(14-10)9-6-4-3-5-7-9/h6-11H,5H2,1-4H3,(H,18,22);3-8H,2,13H2,1H3. The number of esters is 2. The van der Waals surface area contributed by atoms with Gasteiger partial charge in [-0.05, 0) is 58.9 Å². The number of nitrogens with two attached hydrogens (primary N) is 1. The molecule has 0 bridgehead atoms. The van der Waals surface area contributed by atoms with Crippen LogP contribution in [0.2, 0.25) is 0 Å². The van der Waals surface area contributed by atoms with E-state index < -0.39 is 23.6 Å². The van der Waals surface area contributed by atoms with Crippen LogP contribution in [0.4, 0.5) is 16.4 Å². The maximum atomic E-state index is 12.0. The van der Waals surface area contributed by atoms with Crippen molar-refractivity contribution in [2.45, 2.75) is 40.2 Å². The summed E-state index contributed by atoms with van der Waals surface area (Å²) in [4.78, 5) is 35.4. The lowest BCUT2D eigenvalue weighted by atomic mass is 10.2. The minimum absolute atomic E-state index is 0.103. The first-order valence-corrected chi connectivity index (χ1v) is 12.9. The van der Waals surface area contributed by atoms with E-state index in [1.165, 1.54) is 21.5 Å². The SMILES string of the molecule is CCOC(=O)c1cc(N)n(-c2ccccc2)n1.CCOC(=O)c1cc(NC(=O)OC(C)(C)C)n(-c2ccccc2)n1. The third-order valence-corrected chi connectivity index (χ3v) is 5.05. The number of nitrogen functional groups attached to an aromatic ring is 1. The predicted molar refractivity (Wildman–Crippen MR) is 153 cm³/mol. The molecule has 0 aliphatic rings. The van der Waals surface area contributed by atoms with E-state index in [1.807, 2.05) is 60.7 Å². The summed E-state index contributed by atoms with van der Waals surface area (Å²) in [5, 5.41) is 11.0. The lowest BCUT2D eigenvalue weighted by Gasteiger charge is -2.19. The van der Waals surface area contributed by atoms with Gasteiger partial charge >= 0.3 is 18.0 Å². The number of carbonyl (C=O) groups is 3. The number of benzene rings is 2.